The summed E-state index contributed by atoms with van der Waals surface area (Å²) in [5, 5.41) is 3.13. The average molecular weight is 404 g/mol. The van der Waals surface area contributed by atoms with Crippen LogP contribution < -0.4 is 5.32 Å². The van der Waals surface area contributed by atoms with E-state index >= 15 is 0 Å². The number of aryl methyl sites for hydroxylation is 1. The first kappa shape index (κ1) is 20.4. The molecule has 0 spiro atoms. The summed E-state index contributed by atoms with van der Waals surface area (Å²) >= 11 is 0. The summed E-state index contributed by atoms with van der Waals surface area (Å²) in [5.41, 5.74) is 6.90. The van der Waals surface area contributed by atoms with Gasteiger partial charge in [0, 0.05) is 42.6 Å². The summed E-state index contributed by atoms with van der Waals surface area (Å²) < 4.78 is 5.36. The molecule has 4 rings (SSSR count). The number of rotatable bonds is 6. The van der Waals surface area contributed by atoms with E-state index < -0.39 is 0 Å². The lowest BCUT2D eigenvalue weighted by Gasteiger charge is -2.23. The number of carbonyl (C=O) groups excluding carboxylic acids is 1. The highest BCUT2D eigenvalue weighted by Crippen LogP contribution is 2.30. The number of nitrogens with one attached hydrogen (secondary N) is 2. The number of imidazole rings is 1. The van der Waals surface area contributed by atoms with Crippen molar-refractivity contribution in [1.29, 1.82) is 0 Å². The van der Waals surface area contributed by atoms with Gasteiger partial charge in [-0.25, -0.2) is 4.98 Å². The largest absolute Gasteiger partial charge is 0.381 e. The highest BCUT2D eigenvalue weighted by atomic mass is 16.5. The molecule has 1 saturated heterocycles. The molecule has 1 aromatic heterocycles. The Morgan fingerprint density at radius 2 is 1.93 bits per heavy atom. The Hall–Kier alpha value is -2.92. The first-order chi connectivity index (χ1) is 14.6. The number of H-pyrrole nitrogens is 1. The molecule has 0 radical (unpaired) electrons. The molecule has 1 aliphatic rings. The van der Waals surface area contributed by atoms with E-state index in [0.717, 1.165) is 38.2 Å². The van der Waals surface area contributed by atoms with Crippen molar-refractivity contribution in [2.24, 2.45) is 0 Å². The maximum absolute atomic E-state index is 12.6. The molecule has 2 heterocycles. The minimum Gasteiger partial charge on any atom is -0.381 e. The summed E-state index contributed by atoms with van der Waals surface area (Å²) in [6.45, 7) is 5.76. The summed E-state index contributed by atoms with van der Waals surface area (Å²) in [5.74, 6) is 0.183. The smallest absolute Gasteiger partial charge is 0.251 e. The number of aromatic nitrogens is 2. The zero-order chi connectivity index (χ0) is 20.9. The van der Waals surface area contributed by atoms with Crippen LogP contribution >= 0.6 is 0 Å². The molecule has 1 atom stereocenters. The fraction of sp³-hybridized carbons (Fsp3) is 0.360. The van der Waals surface area contributed by atoms with Crippen molar-refractivity contribution in [3.63, 3.8) is 0 Å². The van der Waals surface area contributed by atoms with Crippen LogP contribution in [-0.2, 0) is 11.2 Å². The molecule has 30 heavy (non-hydrogen) atoms. The van der Waals surface area contributed by atoms with Gasteiger partial charge in [-0.05, 0) is 67.5 Å². The zero-order valence-corrected chi connectivity index (χ0v) is 17.7. The van der Waals surface area contributed by atoms with Crippen molar-refractivity contribution >= 4 is 5.91 Å². The maximum atomic E-state index is 12.6. The van der Waals surface area contributed by atoms with Crippen LogP contribution in [0.15, 0.2) is 55.0 Å². The van der Waals surface area contributed by atoms with Crippen LogP contribution in [0.25, 0.3) is 0 Å². The van der Waals surface area contributed by atoms with Gasteiger partial charge in [-0.2, -0.15) is 0 Å². The summed E-state index contributed by atoms with van der Waals surface area (Å²) in [6.07, 6.45) is 6.24. The predicted molar refractivity (Wildman–Crippen MR) is 118 cm³/mol. The number of carbonyl (C=O) groups is 1. The SMILES string of the molecule is Cc1cccc(C(Cc2ccc(C(=O)NC3CCOCC3)cc2)c2cnc[nH]2)c1C. The molecular weight excluding hydrogens is 374 g/mol. The van der Waals surface area contributed by atoms with Gasteiger partial charge in [0.05, 0.1) is 6.33 Å². The van der Waals surface area contributed by atoms with E-state index in [0.29, 0.717) is 5.56 Å². The lowest BCUT2D eigenvalue weighted by Crippen LogP contribution is -2.38. The van der Waals surface area contributed by atoms with Gasteiger partial charge in [0.15, 0.2) is 0 Å². The Balaban J connectivity index is 1.51. The number of hydrogen-bond acceptors (Lipinski definition) is 3. The standard InChI is InChI=1S/C25H29N3O2/c1-17-4-3-5-22(18(17)2)23(24-15-26-16-27-24)14-19-6-8-20(9-7-19)25(29)28-21-10-12-30-13-11-21/h3-9,15-16,21,23H,10-14H2,1-2H3,(H,26,27)(H,28,29). The number of hydrogen-bond donors (Lipinski definition) is 2. The number of amides is 1. The average Bonchev–Trinajstić information content (AvgIpc) is 3.30. The van der Waals surface area contributed by atoms with Crippen molar-refractivity contribution in [2.75, 3.05) is 13.2 Å². The molecule has 5 heteroatoms. The highest BCUT2D eigenvalue weighted by molar-refractivity contribution is 5.94. The van der Waals surface area contributed by atoms with E-state index in [-0.39, 0.29) is 17.9 Å². The lowest BCUT2D eigenvalue weighted by atomic mass is 9.85. The second kappa shape index (κ2) is 9.26. The number of ether oxygens (including phenoxy) is 1. The third-order valence-corrected chi connectivity index (χ3v) is 6.13. The molecule has 5 nitrogen and oxygen atoms in total. The zero-order valence-electron chi connectivity index (χ0n) is 17.7. The van der Waals surface area contributed by atoms with E-state index in [4.69, 9.17) is 4.74 Å². The van der Waals surface area contributed by atoms with Crippen molar-refractivity contribution < 1.29 is 9.53 Å². The second-order valence-corrected chi connectivity index (χ2v) is 8.11. The van der Waals surface area contributed by atoms with Crippen molar-refractivity contribution in [1.82, 2.24) is 15.3 Å². The molecular formula is C25H29N3O2. The van der Waals surface area contributed by atoms with Crippen LogP contribution in [0, 0.1) is 13.8 Å². The molecule has 0 bridgehead atoms. The van der Waals surface area contributed by atoms with E-state index in [1.54, 1.807) is 6.33 Å². The molecule has 3 aromatic rings. The summed E-state index contributed by atoms with van der Waals surface area (Å²) in [6, 6.07) is 14.7. The predicted octanol–water partition coefficient (Wildman–Crippen LogP) is 4.31. The summed E-state index contributed by atoms with van der Waals surface area (Å²) in [7, 11) is 0. The molecule has 156 valence electrons. The second-order valence-electron chi connectivity index (χ2n) is 8.11. The number of nitrogens with zero attached hydrogens (tertiary/aromatic N) is 1. The molecule has 0 saturated carbocycles. The molecule has 0 aliphatic carbocycles. The van der Waals surface area contributed by atoms with Gasteiger partial charge >= 0.3 is 0 Å². The van der Waals surface area contributed by atoms with Crippen molar-refractivity contribution in [2.45, 2.75) is 45.1 Å². The van der Waals surface area contributed by atoms with Gasteiger partial charge in [0.25, 0.3) is 5.91 Å². The third-order valence-electron chi connectivity index (χ3n) is 6.13. The molecule has 1 unspecified atom stereocenters. The van der Waals surface area contributed by atoms with Gasteiger partial charge in [0.2, 0.25) is 0 Å². The first-order valence-corrected chi connectivity index (χ1v) is 10.6. The monoisotopic (exact) mass is 403 g/mol. The van der Waals surface area contributed by atoms with Gasteiger partial charge < -0.3 is 15.0 Å². The number of aromatic amines is 1. The Labute approximate surface area is 177 Å². The van der Waals surface area contributed by atoms with E-state index in [1.165, 1.54) is 22.3 Å². The van der Waals surface area contributed by atoms with Gasteiger partial charge in [-0.3, -0.25) is 4.79 Å². The Morgan fingerprint density at radius 1 is 1.17 bits per heavy atom. The minimum atomic E-state index is -0.00639. The molecule has 1 fully saturated rings. The molecule has 1 aliphatic heterocycles. The maximum Gasteiger partial charge on any atom is 0.251 e. The Morgan fingerprint density at radius 3 is 2.63 bits per heavy atom. The summed E-state index contributed by atoms with van der Waals surface area (Å²) in [4.78, 5) is 20.1. The van der Waals surface area contributed by atoms with Crippen molar-refractivity contribution in [3.05, 3.63) is 88.5 Å². The van der Waals surface area contributed by atoms with Crippen LogP contribution in [0.2, 0.25) is 0 Å². The minimum absolute atomic E-state index is 0.00639. The number of benzene rings is 2. The first-order valence-electron chi connectivity index (χ1n) is 10.6. The quantitative estimate of drug-likeness (QED) is 0.644. The normalized spacial score (nSPS) is 15.7. The van der Waals surface area contributed by atoms with Crippen LogP contribution in [0.4, 0.5) is 0 Å². The van der Waals surface area contributed by atoms with Crippen molar-refractivity contribution in [3.8, 4) is 0 Å². The topological polar surface area (TPSA) is 67.0 Å². The molecule has 2 aromatic carbocycles. The highest BCUT2D eigenvalue weighted by Gasteiger charge is 2.20. The van der Waals surface area contributed by atoms with Crippen LogP contribution in [-0.4, -0.2) is 35.1 Å². The fourth-order valence-electron chi connectivity index (χ4n) is 4.13. The fourth-order valence-corrected chi connectivity index (χ4v) is 4.13. The van der Waals surface area contributed by atoms with Crippen LogP contribution in [0.5, 0.6) is 0 Å². The van der Waals surface area contributed by atoms with E-state index in [9.17, 15) is 4.79 Å². The molecule has 2 N–H and O–H groups in total. The Bertz CT molecular complexity index is 974. The third kappa shape index (κ3) is 4.62. The Kier molecular flexibility index (Phi) is 6.29. The van der Waals surface area contributed by atoms with Gasteiger partial charge in [0.1, 0.15) is 0 Å². The van der Waals surface area contributed by atoms with E-state index in [2.05, 4.69) is 59.5 Å². The van der Waals surface area contributed by atoms with Crippen LogP contribution in [0.1, 0.15) is 57.1 Å². The van der Waals surface area contributed by atoms with Gasteiger partial charge in [-0.15, -0.1) is 0 Å². The van der Waals surface area contributed by atoms with E-state index in [1.807, 2.05) is 18.3 Å². The van der Waals surface area contributed by atoms with Crippen LogP contribution in [0.3, 0.4) is 0 Å². The molecule has 1 amide bonds. The lowest BCUT2D eigenvalue weighted by molar-refractivity contribution is 0.0696. The van der Waals surface area contributed by atoms with Gasteiger partial charge in [-0.1, -0.05) is 30.3 Å².